The number of halogens is 1. The summed E-state index contributed by atoms with van der Waals surface area (Å²) < 4.78 is 11.2. The highest BCUT2D eigenvalue weighted by Gasteiger charge is 2.21. The smallest absolute Gasteiger partial charge is 0.319 e. The number of para-hydroxylation sites is 1. The Labute approximate surface area is 152 Å². The Hall–Kier alpha value is -2.40. The molecule has 0 radical (unpaired) electrons. The van der Waals surface area contributed by atoms with Crippen LogP contribution in [0, 0.1) is 5.92 Å². The van der Waals surface area contributed by atoms with Gasteiger partial charge in [0.15, 0.2) is 11.5 Å². The molecule has 0 aliphatic carbocycles. The first kappa shape index (κ1) is 17.4. The highest BCUT2D eigenvalue weighted by molar-refractivity contribution is 6.33. The highest BCUT2D eigenvalue weighted by atomic mass is 35.5. The Morgan fingerprint density at radius 3 is 2.52 bits per heavy atom. The Balaban J connectivity index is 1.75. The van der Waals surface area contributed by atoms with E-state index >= 15 is 0 Å². The number of carbonyl (C=O) groups is 1. The monoisotopic (exact) mass is 360 g/mol. The maximum atomic E-state index is 12.4. The van der Waals surface area contributed by atoms with Crippen LogP contribution in [0.25, 0.3) is 0 Å². The van der Waals surface area contributed by atoms with E-state index in [1.54, 1.807) is 12.1 Å². The predicted molar refractivity (Wildman–Crippen MR) is 98.6 cm³/mol. The number of anilines is 1. The number of benzene rings is 2. The van der Waals surface area contributed by atoms with Gasteiger partial charge in [-0.2, -0.15) is 0 Å². The minimum atomic E-state index is -0.304. The second-order valence-corrected chi connectivity index (χ2v) is 6.61. The van der Waals surface area contributed by atoms with Crippen LogP contribution in [0.4, 0.5) is 10.5 Å². The van der Waals surface area contributed by atoms with Gasteiger partial charge in [-0.05, 0) is 35.7 Å². The van der Waals surface area contributed by atoms with Crippen molar-refractivity contribution < 1.29 is 14.3 Å². The summed E-state index contributed by atoms with van der Waals surface area (Å²) in [5, 5.41) is 6.30. The Morgan fingerprint density at radius 2 is 1.80 bits per heavy atom. The molecule has 0 saturated heterocycles. The summed E-state index contributed by atoms with van der Waals surface area (Å²) in [7, 11) is 0. The maximum absolute atomic E-state index is 12.4. The van der Waals surface area contributed by atoms with E-state index < -0.39 is 0 Å². The zero-order valence-electron chi connectivity index (χ0n) is 14.2. The van der Waals surface area contributed by atoms with Crippen molar-refractivity contribution in [3.63, 3.8) is 0 Å². The minimum Gasteiger partial charge on any atom is -0.486 e. The van der Waals surface area contributed by atoms with Crippen molar-refractivity contribution in [2.24, 2.45) is 5.92 Å². The number of nitrogens with one attached hydrogen (secondary N) is 2. The quantitative estimate of drug-likeness (QED) is 0.835. The third-order valence-electron chi connectivity index (χ3n) is 4.00. The van der Waals surface area contributed by atoms with Crippen molar-refractivity contribution in [1.82, 2.24) is 5.32 Å². The lowest BCUT2D eigenvalue weighted by molar-refractivity contribution is 0.171. The molecule has 25 heavy (non-hydrogen) atoms. The van der Waals surface area contributed by atoms with Crippen molar-refractivity contribution in [1.29, 1.82) is 0 Å². The van der Waals surface area contributed by atoms with Crippen LogP contribution in [-0.2, 0) is 0 Å². The maximum Gasteiger partial charge on any atom is 0.319 e. The van der Waals surface area contributed by atoms with E-state index in [-0.39, 0.29) is 18.0 Å². The van der Waals surface area contributed by atoms with Gasteiger partial charge in [-0.3, -0.25) is 0 Å². The van der Waals surface area contributed by atoms with Crippen molar-refractivity contribution >= 4 is 23.3 Å². The second kappa shape index (κ2) is 7.66. The zero-order chi connectivity index (χ0) is 17.8. The molecule has 2 aromatic carbocycles. The third-order valence-corrected chi connectivity index (χ3v) is 4.33. The van der Waals surface area contributed by atoms with Crippen LogP contribution in [0.3, 0.4) is 0 Å². The highest BCUT2D eigenvalue weighted by Crippen LogP contribution is 2.34. The van der Waals surface area contributed by atoms with Gasteiger partial charge < -0.3 is 20.1 Å². The number of urea groups is 1. The molecule has 0 saturated carbocycles. The molecular weight excluding hydrogens is 340 g/mol. The zero-order valence-corrected chi connectivity index (χ0v) is 15.0. The van der Waals surface area contributed by atoms with Gasteiger partial charge in [-0.1, -0.05) is 43.6 Å². The van der Waals surface area contributed by atoms with E-state index in [0.29, 0.717) is 29.7 Å². The van der Waals surface area contributed by atoms with E-state index in [0.717, 1.165) is 11.3 Å². The second-order valence-electron chi connectivity index (χ2n) is 6.20. The summed E-state index contributed by atoms with van der Waals surface area (Å²) in [5.74, 6) is 1.64. The summed E-state index contributed by atoms with van der Waals surface area (Å²) in [5.41, 5.74) is 1.54. The lowest BCUT2D eigenvalue weighted by Gasteiger charge is -2.25. The SMILES string of the molecule is CC(C)C(NC(=O)Nc1ccccc1Cl)c1ccc2c(c1)OCCO2. The largest absolute Gasteiger partial charge is 0.486 e. The van der Waals surface area contributed by atoms with Gasteiger partial charge in [0.2, 0.25) is 0 Å². The topological polar surface area (TPSA) is 59.6 Å². The lowest BCUT2D eigenvalue weighted by atomic mass is 9.95. The summed E-state index contributed by atoms with van der Waals surface area (Å²) >= 11 is 6.09. The van der Waals surface area contributed by atoms with Gasteiger partial charge in [0, 0.05) is 0 Å². The fourth-order valence-corrected chi connectivity index (χ4v) is 2.93. The van der Waals surface area contributed by atoms with Gasteiger partial charge in [0.05, 0.1) is 16.8 Å². The number of ether oxygens (including phenoxy) is 2. The molecular formula is C19H21ClN2O3. The molecule has 2 amide bonds. The molecule has 0 bridgehead atoms. The molecule has 132 valence electrons. The molecule has 0 aromatic heterocycles. The molecule has 0 spiro atoms. The van der Waals surface area contributed by atoms with Gasteiger partial charge in [0.1, 0.15) is 13.2 Å². The molecule has 6 heteroatoms. The van der Waals surface area contributed by atoms with Crippen LogP contribution in [-0.4, -0.2) is 19.2 Å². The molecule has 1 atom stereocenters. The van der Waals surface area contributed by atoms with Crippen LogP contribution < -0.4 is 20.1 Å². The Bertz CT molecular complexity index is 764. The standard InChI is InChI=1S/C19H21ClN2O3/c1-12(2)18(13-7-8-16-17(11-13)25-10-9-24-16)22-19(23)21-15-6-4-3-5-14(15)20/h3-8,11-12,18H,9-10H2,1-2H3,(H2,21,22,23). The molecule has 3 rings (SSSR count). The molecule has 1 unspecified atom stereocenters. The number of hydrogen-bond acceptors (Lipinski definition) is 3. The average Bonchev–Trinajstić information content (AvgIpc) is 2.61. The first-order valence-electron chi connectivity index (χ1n) is 8.26. The summed E-state index contributed by atoms with van der Waals surface area (Å²) in [6, 6.07) is 12.4. The van der Waals surface area contributed by atoms with E-state index in [2.05, 4.69) is 24.5 Å². The predicted octanol–water partition coefficient (Wildman–Crippen LogP) is 4.63. The van der Waals surface area contributed by atoms with Crippen LogP contribution >= 0.6 is 11.6 Å². The molecule has 2 N–H and O–H groups in total. The lowest BCUT2D eigenvalue weighted by Crippen LogP contribution is -2.35. The third kappa shape index (κ3) is 4.17. The number of fused-ring (bicyclic) bond motifs is 1. The number of amides is 2. The summed E-state index contributed by atoms with van der Waals surface area (Å²) in [6.45, 7) is 5.19. The molecule has 1 heterocycles. The van der Waals surface area contributed by atoms with Crippen molar-refractivity contribution in [2.45, 2.75) is 19.9 Å². The van der Waals surface area contributed by atoms with Gasteiger partial charge >= 0.3 is 6.03 Å². The number of carbonyl (C=O) groups excluding carboxylic acids is 1. The normalized spacial score (nSPS) is 14.1. The van der Waals surface area contributed by atoms with E-state index in [4.69, 9.17) is 21.1 Å². The van der Waals surface area contributed by atoms with E-state index in [9.17, 15) is 4.79 Å². The van der Waals surface area contributed by atoms with Crippen LogP contribution in [0.2, 0.25) is 5.02 Å². The molecule has 5 nitrogen and oxygen atoms in total. The van der Waals surface area contributed by atoms with Crippen LogP contribution in [0.15, 0.2) is 42.5 Å². The first-order chi connectivity index (χ1) is 12.0. The Kier molecular flexibility index (Phi) is 5.34. The van der Waals surface area contributed by atoms with Gasteiger partial charge in [-0.15, -0.1) is 0 Å². The van der Waals surface area contributed by atoms with Crippen molar-refractivity contribution in [3.05, 3.63) is 53.1 Å². The van der Waals surface area contributed by atoms with Gasteiger partial charge in [-0.25, -0.2) is 4.79 Å². The minimum absolute atomic E-state index is 0.168. The first-order valence-corrected chi connectivity index (χ1v) is 8.64. The average molecular weight is 361 g/mol. The molecule has 2 aromatic rings. The fraction of sp³-hybridized carbons (Fsp3) is 0.316. The van der Waals surface area contributed by atoms with Crippen molar-refractivity contribution in [2.75, 3.05) is 18.5 Å². The van der Waals surface area contributed by atoms with Crippen LogP contribution in [0.1, 0.15) is 25.5 Å². The van der Waals surface area contributed by atoms with E-state index in [1.165, 1.54) is 0 Å². The number of rotatable bonds is 4. The number of hydrogen-bond donors (Lipinski definition) is 2. The summed E-state index contributed by atoms with van der Waals surface area (Å²) in [4.78, 5) is 12.4. The molecule has 0 fully saturated rings. The molecule has 1 aliphatic heterocycles. The van der Waals surface area contributed by atoms with Gasteiger partial charge in [0.25, 0.3) is 0 Å². The molecule has 1 aliphatic rings. The Morgan fingerprint density at radius 1 is 1.08 bits per heavy atom. The van der Waals surface area contributed by atoms with E-state index in [1.807, 2.05) is 30.3 Å². The van der Waals surface area contributed by atoms with Crippen molar-refractivity contribution in [3.8, 4) is 11.5 Å². The van der Waals surface area contributed by atoms with Crippen LogP contribution in [0.5, 0.6) is 11.5 Å². The fourth-order valence-electron chi connectivity index (χ4n) is 2.75. The summed E-state index contributed by atoms with van der Waals surface area (Å²) in [6.07, 6.45) is 0.